The van der Waals surface area contributed by atoms with E-state index in [2.05, 4.69) is 50.4 Å². The number of quaternary nitrogens is 1. The zero-order chi connectivity index (χ0) is 20.3. The Balaban J connectivity index is 0.00000300. The van der Waals surface area contributed by atoms with E-state index in [1.165, 1.54) is 11.1 Å². The molecule has 5 unspecified atom stereocenters. The van der Waals surface area contributed by atoms with Crippen LogP contribution in [0.2, 0.25) is 10.0 Å². The van der Waals surface area contributed by atoms with Crippen LogP contribution in [0.5, 0.6) is 0 Å². The van der Waals surface area contributed by atoms with E-state index in [-0.39, 0.29) is 36.3 Å². The number of hydrogen-bond acceptors (Lipinski definition) is 1. The predicted molar refractivity (Wildman–Crippen MR) is 118 cm³/mol. The highest BCUT2D eigenvalue weighted by Crippen LogP contribution is 2.47. The average Bonchev–Trinajstić information content (AvgIpc) is 2.68. The highest BCUT2D eigenvalue weighted by atomic mass is 35.5. The fraction of sp³-hybridized carbons (Fsp3) is 0.500. The first kappa shape index (κ1) is 24.5. The summed E-state index contributed by atoms with van der Waals surface area (Å²) >= 11 is 12.3. The summed E-state index contributed by atoms with van der Waals surface area (Å²) in [6.07, 6.45) is 3.87. The second-order valence-corrected chi connectivity index (χ2v) is 9.15. The highest BCUT2D eigenvalue weighted by Gasteiger charge is 2.54. The summed E-state index contributed by atoms with van der Waals surface area (Å²) in [5.41, 5.74) is 1.76. The quantitative estimate of drug-likeness (QED) is 0.689. The Morgan fingerprint density at radius 3 is 1.79 bits per heavy atom. The molecule has 5 atom stereocenters. The summed E-state index contributed by atoms with van der Waals surface area (Å²) in [6, 6.07) is 16.6. The molecule has 160 valence electrons. The van der Waals surface area contributed by atoms with Crippen LogP contribution in [0.15, 0.2) is 48.5 Å². The molecular weight excluding hydrogens is 425 g/mol. The standard InChI is InChI=1S/C24H31Cl2NO.ClH/c1-4-6-21-23(18-9-13-20(26)14-10-18)27-22(16(3)24(21,28)15-5-2)17-7-11-19(25)12-8-17;/h7-14,16,21-23,27-28H,4-6,15H2,1-3H3;1H. The van der Waals surface area contributed by atoms with Crippen LogP contribution in [-0.4, -0.2) is 10.7 Å². The fourth-order valence-electron chi connectivity index (χ4n) is 5.15. The van der Waals surface area contributed by atoms with Crippen LogP contribution in [0.4, 0.5) is 0 Å². The van der Waals surface area contributed by atoms with Crippen molar-refractivity contribution in [1.82, 2.24) is 0 Å². The van der Waals surface area contributed by atoms with Crippen LogP contribution in [0.3, 0.4) is 0 Å². The molecule has 1 heterocycles. The molecular formula is C24H32Cl3NO. The van der Waals surface area contributed by atoms with Gasteiger partial charge in [0.25, 0.3) is 0 Å². The van der Waals surface area contributed by atoms with Crippen molar-refractivity contribution in [3.05, 3.63) is 69.7 Å². The molecule has 2 nitrogen and oxygen atoms in total. The number of nitrogens with two attached hydrogens (primary N) is 1. The summed E-state index contributed by atoms with van der Waals surface area (Å²) in [5, 5.41) is 16.0. The normalized spacial score (nSPS) is 29.3. The SMILES string of the molecule is CCCC1C(c2ccc(Cl)cc2)[NH2+]C(c2ccc(Cl)cc2)C(C)C1(O)CCC.[Cl-]. The molecule has 29 heavy (non-hydrogen) atoms. The lowest BCUT2D eigenvalue weighted by atomic mass is 9.62. The molecule has 2 aromatic carbocycles. The van der Waals surface area contributed by atoms with Gasteiger partial charge in [-0.3, -0.25) is 0 Å². The van der Waals surface area contributed by atoms with Gasteiger partial charge in [-0.25, -0.2) is 0 Å². The molecule has 0 amide bonds. The van der Waals surface area contributed by atoms with Crippen molar-refractivity contribution >= 4 is 23.2 Å². The minimum absolute atomic E-state index is 0. The Morgan fingerprint density at radius 2 is 1.34 bits per heavy atom. The second-order valence-electron chi connectivity index (χ2n) is 8.27. The number of halogens is 3. The van der Waals surface area contributed by atoms with Gasteiger partial charge in [-0.05, 0) is 37.1 Å². The number of rotatable bonds is 6. The van der Waals surface area contributed by atoms with E-state index in [1.54, 1.807) is 0 Å². The molecule has 1 saturated heterocycles. The molecule has 1 aliphatic rings. The van der Waals surface area contributed by atoms with E-state index >= 15 is 0 Å². The molecule has 1 fully saturated rings. The summed E-state index contributed by atoms with van der Waals surface area (Å²) in [4.78, 5) is 0. The van der Waals surface area contributed by atoms with Gasteiger partial charge in [0, 0.05) is 33.0 Å². The molecule has 0 saturated carbocycles. The molecule has 0 aromatic heterocycles. The van der Waals surface area contributed by atoms with Crippen molar-refractivity contribution in [2.45, 2.75) is 64.1 Å². The first-order valence-corrected chi connectivity index (χ1v) is 11.2. The summed E-state index contributed by atoms with van der Waals surface area (Å²) in [6.45, 7) is 6.59. The number of hydrogen-bond donors (Lipinski definition) is 2. The maximum atomic E-state index is 12.0. The van der Waals surface area contributed by atoms with Crippen LogP contribution < -0.4 is 17.7 Å². The number of aliphatic hydroxyl groups is 1. The first-order chi connectivity index (χ1) is 13.4. The summed E-state index contributed by atoms with van der Waals surface area (Å²) in [5.74, 6) is 0.353. The summed E-state index contributed by atoms with van der Waals surface area (Å²) in [7, 11) is 0. The molecule has 1 aliphatic heterocycles. The van der Waals surface area contributed by atoms with Crippen LogP contribution in [0.25, 0.3) is 0 Å². The van der Waals surface area contributed by atoms with Crippen LogP contribution in [0, 0.1) is 11.8 Å². The zero-order valence-electron chi connectivity index (χ0n) is 17.4. The third kappa shape index (κ3) is 5.11. The minimum atomic E-state index is -0.700. The van der Waals surface area contributed by atoms with Crippen LogP contribution in [-0.2, 0) is 0 Å². The topological polar surface area (TPSA) is 36.8 Å². The lowest BCUT2D eigenvalue weighted by molar-refractivity contribution is -0.765. The summed E-state index contributed by atoms with van der Waals surface area (Å²) < 4.78 is 0. The molecule has 3 N–H and O–H groups in total. The van der Waals surface area contributed by atoms with Crippen molar-refractivity contribution in [2.24, 2.45) is 11.8 Å². The Kier molecular flexibility index (Phi) is 8.87. The van der Waals surface area contributed by atoms with E-state index in [0.717, 1.165) is 35.7 Å². The van der Waals surface area contributed by atoms with Crippen molar-refractivity contribution in [3.63, 3.8) is 0 Å². The molecule has 0 radical (unpaired) electrons. The van der Waals surface area contributed by atoms with E-state index in [9.17, 15) is 5.11 Å². The lowest BCUT2D eigenvalue weighted by Gasteiger charge is -2.51. The van der Waals surface area contributed by atoms with Crippen LogP contribution in [0.1, 0.15) is 69.7 Å². The van der Waals surface area contributed by atoms with Crippen molar-refractivity contribution in [2.75, 3.05) is 0 Å². The predicted octanol–water partition coefficient (Wildman–Crippen LogP) is 2.94. The largest absolute Gasteiger partial charge is 1.00 e. The molecule has 0 aliphatic carbocycles. The maximum absolute atomic E-state index is 12.0. The Labute approximate surface area is 191 Å². The Bertz CT molecular complexity index is 765. The zero-order valence-corrected chi connectivity index (χ0v) is 19.7. The number of benzene rings is 2. The van der Waals surface area contributed by atoms with Gasteiger partial charge in [0.15, 0.2) is 0 Å². The molecule has 2 aromatic rings. The highest BCUT2D eigenvalue weighted by molar-refractivity contribution is 6.30. The molecule has 5 heteroatoms. The smallest absolute Gasteiger partial charge is 0.118 e. The van der Waals surface area contributed by atoms with Gasteiger partial charge in [0.2, 0.25) is 0 Å². The van der Waals surface area contributed by atoms with E-state index in [0.29, 0.717) is 0 Å². The van der Waals surface area contributed by atoms with Crippen LogP contribution >= 0.6 is 23.2 Å². The monoisotopic (exact) mass is 455 g/mol. The van der Waals surface area contributed by atoms with Gasteiger partial charge in [-0.15, -0.1) is 0 Å². The van der Waals surface area contributed by atoms with Crippen molar-refractivity contribution in [3.8, 4) is 0 Å². The van der Waals surface area contributed by atoms with Crippen molar-refractivity contribution in [1.29, 1.82) is 0 Å². The van der Waals surface area contributed by atoms with E-state index in [1.807, 2.05) is 24.3 Å². The van der Waals surface area contributed by atoms with Gasteiger partial charge in [-0.2, -0.15) is 0 Å². The molecule has 3 rings (SSSR count). The number of piperidine rings is 1. The molecule has 0 spiro atoms. The average molecular weight is 457 g/mol. The molecule has 0 bridgehead atoms. The fourth-order valence-corrected chi connectivity index (χ4v) is 5.40. The van der Waals surface area contributed by atoms with E-state index < -0.39 is 5.60 Å². The van der Waals surface area contributed by atoms with Gasteiger partial charge in [0.05, 0.1) is 5.60 Å². The van der Waals surface area contributed by atoms with Gasteiger partial charge in [0.1, 0.15) is 12.1 Å². The Hall–Kier alpha value is -0.770. The van der Waals surface area contributed by atoms with E-state index in [4.69, 9.17) is 23.2 Å². The van der Waals surface area contributed by atoms with Gasteiger partial charge < -0.3 is 22.8 Å². The third-order valence-corrected chi connectivity index (χ3v) is 7.08. The maximum Gasteiger partial charge on any atom is 0.118 e. The third-order valence-electron chi connectivity index (χ3n) is 6.58. The lowest BCUT2D eigenvalue weighted by Crippen LogP contribution is -3.00. The first-order valence-electron chi connectivity index (χ1n) is 10.5. The van der Waals surface area contributed by atoms with Crippen molar-refractivity contribution < 1.29 is 22.8 Å². The second kappa shape index (κ2) is 10.5. The van der Waals surface area contributed by atoms with Gasteiger partial charge >= 0.3 is 0 Å². The Morgan fingerprint density at radius 1 is 0.862 bits per heavy atom. The minimum Gasteiger partial charge on any atom is -1.00 e. The van der Waals surface area contributed by atoms with Gasteiger partial charge in [-0.1, -0.05) is 81.1 Å².